The highest BCUT2D eigenvalue weighted by atomic mass is 32.2. The molecule has 21 heavy (non-hydrogen) atoms. The minimum atomic E-state index is 0.419. The third-order valence-electron chi connectivity index (χ3n) is 2.97. The van der Waals surface area contributed by atoms with Crippen LogP contribution < -0.4 is 0 Å². The molecule has 0 saturated carbocycles. The van der Waals surface area contributed by atoms with Gasteiger partial charge in [-0.25, -0.2) is 0 Å². The van der Waals surface area contributed by atoms with Crippen molar-refractivity contribution in [3.63, 3.8) is 0 Å². The van der Waals surface area contributed by atoms with E-state index in [0.717, 1.165) is 19.6 Å². The zero-order valence-corrected chi connectivity index (χ0v) is 15.2. The molecule has 1 atom stereocenters. The Morgan fingerprint density at radius 2 is 1.76 bits per heavy atom. The average molecular weight is 313 g/mol. The molecule has 1 aliphatic heterocycles. The lowest BCUT2D eigenvalue weighted by molar-refractivity contribution is 0.00527. The lowest BCUT2D eigenvalue weighted by Gasteiger charge is -2.22. The van der Waals surface area contributed by atoms with E-state index in [0.29, 0.717) is 6.10 Å². The molecule has 1 unspecified atom stereocenters. The minimum Gasteiger partial charge on any atom is -0.378 e. The van der Waals surface area contributed by atoms with Crippen molar-refractivity contribution >= 4 is 12.0 Å². The molecule has 1 aliphatic rings. The van der Waals surface area contributed by atoms with Crippen molar-refractivity contribution in [2.24, 2.45) is 0 Å². The molecule has 0 bridgehead atoms. The van der Waals surface area contributed by atoms with Crippen molar-refractivity contribution in [2.75, 3.05) is 13.2 Å². The van der Waals surface area contributed by atoms with Gasteiger partial charge in [0.2, 0.25) is 0 Å². The Labute approximate surface area is 135 Å². The fourth-order valence-electron chi connectivity index (χ4n) is 1.92. The number of hydrogen-bond acceptors (Lipinski definition) is 3. The van der Waals surface area contributed by atoms with Crippen LogP contribution in [-0.2, 0) is 8.92 Å². The number of ether oxygens (including phenoxy) is 1. The molecule has 0 amide bonds. The van der Waals surface area contributed by atoms with Gasteiger partial charge in [0.15, 0.2) is 0 Å². The summed E-state index contributed by atoms with van der Waals surface area (Å²) in [5, 5.41) is 0. The standard InChI is InChI=1S/C14H20O2S.2C2H6/c1-12-5-7-14(8-6-12)17-16-11-9-13-4-2-3-10-15-13;2*1-2/h5-8,13H,2-4,9-11H2,1H3;2*1-2H3. The predicted octanol–water partition coefficient (Wildman–Crippen LogP) is 6.03. The molecule has 1 saturated heterocycles. The van der Waals surface area contributed by atoms with Crippen LogP contribution in [0.25, 0.3) is 0 Å². The van der Waals surface area contributed by atoms with Crippen LogP contribution in [0.3, 0.4) is 0 Å². The van der Waals surface area contributed by atoms with E-state index in [1.807, 2.05) is 27.7 Å². The summed E-state index contributed by atoms with van der Waals surface area (Å²) < 4.78 is 11.3. The van der Waals surface area contributed by atoms with Gasteiger partial charge in [-0.1, -0.05) is 45.4 Å². The first-order valence-corrected chi connectivity index (χ1v) is 9.06. The maximum Gasteiger partial charge on any atom is 0.0643 e. The Kier molecular flexibility index (Phi) is 14.1. The first kappa shape index (κ1) is 20.5. The van der Waals surface area contributed by atoms with Crippen LogP contribution in [-0.4, -0.2) is 19.3 Å². The van der Waals surface area contributed by atoms with E-state index in [4.69, 9.17) is 8.92 Å². The topological polar surface area (TPSA) is 18.5 Å². The molecular weight excluding hydrogens is 280 g/mol. The quantitative estimate of drug-likeness (QED) is 0.488. The van der Waals surface area contributed by atoms with Crippen molar-refractivity contribution in [1.29, 1.82) is 0 Å². The van der Waals surface area contributed by atoms with Gasteiger partial charge >= 0.3 is 0 Å². The average Bonchev–Trinajstić information content (AvgIpc) is 2.58. The summed E-state index contributed by atoms with van der Waals surface area (Å²) in [6, 6.07) is 8.40. The van der Waals surface area contributed by atoms with Gasteiger partial charge in [0.1, 0.15) is 0 Å². The first-order valence-electron chi connectivity index (χ1n) is 8.32. The summed E-state index contributed by atoms with van der Waals surface area (Å²) in [5.41, 5.74) is 1.28. The van der Waals surface area contributed by atoms with E-state index in [-0.39, 0.29) is 0 Å². The molecule has 1 heterocycles. The Morgan fingerprint density at radius 3 is 2.33 bits per heavy atom. The van der Waals surface area contributed by atoms with Crippen molar-refractivity contribution in [3.05, 3.63) is 29.8 Å². The van der Waals surface area contributed by atoms with Gasteiger partial charge in [-0.3, -0.25) is 0 Å². The fourth-order valence-corrected chi connectivity index (χ4v) is 2.48. The summed E-state index contributed by atoms with van der Waals surface area (Å²) in [6.07, 6.45) is 5.14. The van der Waals surface area contributed by atoms with Crippen molar-refractivity contribution in [2.45, 2.75) is 71.3 Å². The Bertz CT molecular complexity index is 318. The summed E-state index contributed by atoms with van der Waals surface area (Å²) >= 11 is 1.46. The molecule has 1 fully saturated rings. The van der Waals surface area contributed by atoms with Gasteiger partial charge in [0.05, 0.1) is 12.7 Å². The Balaban J connectivity index is 0.000000921. The van der Waals surface area contributed by atoms with Gasteiger partial charge in [-0.2, -0.15) is 0 Å². The van der Waals surface area contributed by atoms with Crippen LogP contribution in [0.15, 0.2) is 29.2 Å². The summed E-state index contributed by atoms with van der Waals surface area (Å²) in [7, 11) is 0. The third-order valence-corrected chi connectivity index (χ3v) is 3.72. The second kappa shape index (κ2) is 14.4. The zero-order chi connectivity index (χ0) is 15.9. The second-order valence-corrected chi connectivity index (χ2v) is 5.37. The van der Waals surface area contributed by atoms with Gasteiger partial charge in [0, 0.05) is 23.5 Å². The lowest BCUT2D eigenvalue weighted by atomic mass is 10.1. The maximum absolute atomic E-state index is 5.66. The van der Waals surface area contributed by atoms with E-state index < -0.39 is 0 Å². The lowest BCUT2D eigenvalue weighted by Crippen LogP contribution is -2.20. The van der Waals surface area contributed by atoms with Crippen LogP contribution in [0, 0.1) is 6.92 Å². The molecule has 0 N–H and O–H groups in total. The minimum absolute atomic E-state index is 0.419. The van der Waals surface area contributed by atoms with Crippen molar-refractivity contribution < 1.29 is 8.92 Å². The molecule has 3 heteroatoms. The highest BCUT2D eigenvalue weighted by Crippen LogP contribution is 2.21. The molecule has 0 aliphatic carbocycles. The van der Waals surface area contributed by atoms with Gasteiger partial charge in [-0.05, 0) is 44.7 Å². The summed E-state index contributed by atoms with van der Waals surface area (Å²) in [5.74, 6) is 0. The number of hydrogen-bond donors (Lipinski definition) is 0. The van der Waals surface area contributed by atoms with Crippen LogP contribution in [0.1, 0.15) is 58.9 Å². The van der Waals surface area contributed by atoms with Crippen LogP contribution in [0.2, 0.25) is 0 Å². The van der Waals surface area contributed by atoms with E-state index >= 15 is 0 Å². The second-order valence-electron chi connectivity index (χ2n) is 4.50. The maximum atomic E-state index is 5.66. The molecule has 122 valence electrons. The largest absolute Gasteiger partial charge is 0.378 e. The number of benzene rings is 1. The van der Waals surface area contributed by atoms with Crippen LogP contribution in [0.4, 0.5) is 0 Å². The Hall–Kier alpha value is -0.510. The summed E-state index contributed by atoms with van der Waals surface area (Å²) in [6.45, 7) is 11.8. The van der Waals surface area contributed by atoms with Crippen molar-refractivity contribution in [1.82, 2.24) is 0 Å². The van der Waals surface area contributed by atoms with Crippen LogP contribution in [0.5, 0.6) is 0 Å². The van der Waals surface area contributed by atoms with Crippen molar-refractivity contribution in [3.8, 4) is 0 Å². The molecular formula is C18H32O2S. The molecule has 1 aromatic carbocycles. The summed E-state index contributed by atoms with van der Waals surface area (Å²) in [4.78, 5) is 1.17. The van der Waals surface area contributed by atoms with E-state index in [1.165, 1.54) is 41.8 Å². The Morgan fingerprint density at radius 1 is 1.10 bits per heavy atom. The highest BCUT2D eigenvalue weighted by Gasteiger charge is 2.13. The monoisotopic (exact) mass is 312 g/mol. The highest BCUT2D eigenvalue weighted by molar-refractivity contribution is 7.94. The SMILES string of the molecule is CC.CC.Cc1ccc(SOCCC2CCCCO2)cc1. The molecule has 2 nitrogen and oxygen atoms in total. The molecule has 0 spiro atoms. The van der Waals surface area contributed by atoms with Gasteiger partial charge < -0.3 is 8.92 Å². The van der Waals surface area contributed by atoms with Gasteiger partial charge in [-0.15, -0.1) is 0 Å². The predicted molar refractivity (Wildman–Crippen MR) is 93.9 cm³/mol. The smallest absolute Gasteiger partial charge is 0.0643 e. The molecule has 0 aromatic heterocycles. The van der Waals surface area contributed by atoms with E-state index in [1.54, 1.807) is 0 Å². The number of rotatable bonds is 5. The zero-order valence-electron chi connectivity index (χ0n) is 14.4. The molecule has 2 rings (SSSR count). The first-order chi connectivity index (χ1) is 10.3. The van der Waals surface area contributed by atoms with Crippen LogP contribution >= 0.6 is 12.0 Å². The van der Waals surface area contributed by atoms with E-state index in [2.05, 4.69) is 31.2 Å². The third kappa shape index (κ3) is 9.94. The fraction of sp³-hybridized carbons (Fsp3) is 0.667. The number of aryl methyl sites for hydroxylation is 1. The van der Waals surface area contributed by atoms with E-state index in [9.17, 15) is 0 Å². The molecule has 1 aromatic rings. The van der Waals surface area contributed by atoms with Gasteiger partial charge in [0.25, 0.3) is 0 Å². The normalized spacial score (nSPS) is 17.1. The molecule has 0 radical (unpaired) electrons.